The van der Waals surface area contributed by atoms with Crippen molar-refractivity contribution in [3.05, 3.63) is 51.4 Å². The third kappa shape index (κ3) is 3.58. The minimum atomic E-state index is -0.257. The molecule has 0 aliphatic heterocycles. The molecule has 140 valence electrons. The first-order valence-corrected chi connectivity index (χ1v) is 10.2. The van der Waals surface area contributed by atoms with Gasteiger partial charge in [-0.25, -0.2) is 0 Å². The fourth-order valence-electron chi connectivity index (χ4n) is 3.36. The molecule has 0 unspecified atom stereocenters. The van der Waals surface area contributed by atoms with Gasteiger partial charge in [-0.15, -0.1) is 11.3 Å². The lowest BCUT2D eigenvalue weighted by atomic mass is 9.93. The van der Waals surface area contributed by atoms with Crippen LogP contribution in [0, 0.1) is 12.8 Å². The summed E-state index contributed by atoms with van der Waals surface area (Å²) in [5.74, 6) is 0.455. The van der Waals surface area contributed by atoms with Crippen LogP contribution in [0.4, 0.5) is 0 Å². The van der Waals surface area contributed by atoms with E-state index in [2.05, 4.69) is 47.5 Å². The van der Waals surface area contributed by atoms with E-state index < -0.39 is 0 Å². The molecule has 1 aliphatic rings. The Hall–Kier alpha value is -2.34. The highest BCUT2D eigenvalue weighted by Crippen LogP contribution is 2.33. The molecule has 1 aliphatic carbocycles. The zero-order chi connectivity index (χ0) is 19.2. The maximum atomic E-state index is 13.0. The van der Waals surface area contributed by atoms with Gasteiger partial charge >= 0.3 is 0 Å². The van der Waals surface area contributed by atoms with E-state index in [9.17, 15) is 4.79 Å². The van der Waals surface area contributed by atoms with Crippen LogP contribution in [0.25, 0.3) is 10.9 Å². The van der Waals surface area contributed by atoms with E-state index in [1.54, 1.807) is 11.3 Å². The minimum Gasteiger partial charge on any atom is -0.320 e. The smallest absolute Gasteiger partial charge is 0.281 e. The van der Waals surface area contributed by atoms with E-state index in [1.165, 1.54) is 29.6 Å². The number of thiazole rings is 1. The molecule has 1 aromatic carbocycles. The largest absolute Gasteiger partial charge is 0.320 e. The Bertz CT molecular complexity index is 1080. The Morgan fingerprint density at radius 1 is 1.30 bits per heavy atom. The molecule has 5 nitrogen and oxygen atoms in total. The van der Waals surface area contributed by atoms with Gasteiger partial charge in [0.15, 0.2) is 4.80 Å². The maximum Gasteiger partial charge on any atom is 0.281 e. The van der Waals surface area contributed by atoms with Crippen LogP contribution in [-0.2, 0) is 12.0 Å². The summed E-state index contributed by atoms with van der Waals surface area (Å²) >= 11 is 1.63. The second-order valence-corrected chi connectivity index (χ2v) is 9.27. The molecule has 1 fully saturated rings. The Morgan fingerprint density at radius 2 is 2.04 bits per heavy atom. The van der Waals surface area contributed by atoms with Crippen molar-refractivity contribution in [1.29, 1.82) is 0 Å². The molecular weight excluding hydrogens is 356 g/mol. The molecule has 3 aromatic rings. The Balaban J connectivity index is 1.84. The fourth-order valence-corrected chi connectivity index (χ4v) is 4.56. The molecule has 0 saturated heterocycles. The van der Waals surface area contributed by atoms with Gasteiger partial charge in [-0.1, -0.05) is 39.0 Å². The van der Waals surface area contributed by atoms with E-state index in [0.717, 1.165) is 16.7 Å². The third-order valence-electron chi connectivity index (χ3n) is 4.95. The lowest BCUT2D eigenvalue weighted by Gasteiger charge is -2.17. The van der Waals surface area contributed by atoms with E-state index in [0.29, 0.717) is 17.0 Å². The molecule has 0 radical (unpaired) electrons. The number of amides is 1. The van der Waals surface area contributed by atoms with Gasteiger partial charge in [-0.05, 0) is 37.2 Å². The number of benzene rings is 1. The molecule has 0 spiro atoms. The van der Waals surface area contributed by atoms with E-state index in [4.69, 9.17) is 0 Å². The second-order valence-electron chi connectivity index (χ2n) is 8.30. The van der Waals surface area contributed by atoms with Crippen molar-refractivity contribution >= 4 is 28.1 Å². The van der Waals surface area contributed by atoms with E-state index in [-0.39, 0.29) is 11.3 Å². The summed E-state index contributed by atoms with van der Waals surface area (Å²) in [5.41, 5.74) is 2.47. The average molecular weight is 381 g/mol. The van der Waals surface area contributed by atoms with Crippen LogP contribution in [0.5, 0.6) is 0 Å². The van der Waals surface area contributed by atoms with Crippen LogP contribution in [0.3, 0.4) is 0 Å². The topological polar surface area (TPSA) is 60.1 Å². The fraction of sp³-hybridized carbons (Fsp3) is 0.429. The number of hydrogen-bond donors (Lipinski definition) is 0. The van der Waals surface area contributed by atoms with Gasteiger partial charge in [0.2, 0.25) is 0 Å². The Morgan fingerprint density at radius 3 is 2.74 bits per heavy atom. The predicted molar refractivity (Wildman–Crippen MR) is 108 cm³/mol. The number of fused-ring (bicyclic) bond motifs is 1. The molecule has 0 bridgehead atoms. The summed E-state index contributed by atoms with van der Waals surface area (Å²) in [5, 5.41) is 8.88. The number of nitrogens with zero attached hydrogens (tertiary/aromatic N) is 4. The standard InChI is InChI=1S/C21H24N4OS/c1-13-18(21(2,3)4)27-20(25(13)12-14-9-10-14)23-19(26)16-11-22-24-17-8-6-5-7-15(16)17/h5-8,11,14H,9-10,12H2,1-4H3/b23-20-. The molecule has 1 amide bonds. The number of aromatic nitrogens is 3. The average Bonchev–Trinajstić information content (AvgIpc) is 3.39. The maximum absolute atomic E-state index is 13.0. The van der Waals surface area contributed by atoms with Crippen molar-refractivity contribution in [2.75, 3.05) is 0 Å². The van der Waals surface area contributed by atoms with Crippen molar-refractivity contribution in [3.63, 3.8) is 0 Å². The van der Waals surface area contributed by atoms with Crippen molar-refractivity contribution in [3.8, 4) is 0 Å². The lowest BCUT2D eigenvalue weighted by Crippen LogP contribution is -2.20. The van der Waals surface area contributed by atoms with Crippen LogP contribution < -0.4 is 4.80 Å². The summed E-state index contributed by atoms with van der Waals surface area (Å²) in [6.45, 7) is 9.71. The van der Waals surface area contributed by atoms with Gasteiger partial charge in [0.1, 0.15) is 0 Å². The SMILES string of the molecule is Cc1c(C(C)(C)C)s/c(=N\C(=O)c2cnnc3ccccc23)n1CC1CC1. The van der Waals surface area contributed by atoms with Gasteiger partial charge in [0.05, 0.1) is 17.3 Å². The number of rotatable bonds is 3. The molecule has 2 aromatic heterocycles. The highest BCUT2D eigenvalue weighted by Gasteiger charge is 2.27. The van der Waals surface area contributed by atoms with Crippen LogP contribution in [-0.4, -0.2) is 20.7 Å². The molecular formula is C21H24N4OS. The van der Waals surface area contributed by atoms with Gasteiger partial charge in [0, 0.05) is 22.5 Å². The monoisotopic (exact) mass is 380 g/mol. The quantitative estimate of drug-likeness (QED) is 0.682. The van der Waals surface area contributed by atoms with Gasteiger partial charge in [-0.2, -0.15) is 15.2 Å². The molecule has 6 heteroatoms. The van der Waals surface area contributed by atoms with Gasteiger partial charge in [0.25, 0.3) is 5.91 Å². The van der Waals surface area contributed by atoms with Crippen molar-refractivity contribution in [2.24, 2.45) is 10.9 Å². The van der Waals surface area contributed by atoms with Crippen LogP contribution in [0.1, 0.15) is 54.5 Å². The Kier molecular flexibility index (Phi) is 4.46. The molecule has 2 heterocycles. The minimum absolute atomic E-state index is 0.0296. The van der Waals surface area contributed by atoms with E-state index >= 15 is 0 Å². The first kappa shape index (κ1) is 18.0. The zero-order valence-corrected chi connectivity index (χ0v) is 17.0. The summed E-state index contributed by atoms with van der Waals surface area (Å²) < 4.78 is 2.23. The number of carbonyl (C=O) groups excluding carboxylic acids is 1. The first-order valence-electron chi connectivity index (χ1n) is 9.35. The Labute approximate surface area is 162 Å². The molecule has 1 saturated carbocycles. The van der Waals surface area contributed by atoms with E-state index in [1.807, 2.05) is 24.3 Å². The zero-order valence-electron chi connectivity index (χ0n) is 16.2. The summed E-state index contributed by atoms with van der Waals surface area (Å²) in [6.07, 6.45) is 4.05. The normalized spacial score (nSPS) is 15.5. The lowest BCUT2D eigenvalue weighted by molar-refractivity contribution is 0.0999. The molecule has 0 N–H and O–H groups in total. The highest BCUT2D eigenvalue weighted by molar-refractivity contribution is 7.09. The van der Waals surface area contributed by atoms with Crippen LogP contribution >= 0.6 is 11.3 Å². The number of carbonyl (C=O) groups is 1. The second kappa shape index (κ2) is 6.68. The van der Waals surface area contributed by atoms with Crippen LogP contribution in [0.2, 0.25) is 0 Å². The number of hydrogen-bond acceptors (Lipinski definition) is 4. The van der Waals surface area contributed by atoms with Gasteiger partial charge < -0.3 is 4.57 Å². The van der Waals surface area contributed by atoms with Gasteiger partial charge in [-0.3, -0.25) is 4.79 Å². The highest BCUT2D eigenvalue weighted by atomic mass is 32.1. The first-order chi connectivity index (χ1) is 12.8. The van der Waals surface area contributed by atoms with Crippen molar-refractivity contribution in [2.45, 2.75) is 52.5 Å². The summed E-state index contributed by atoms with van der Waals surface area (Å²) in [6, 6.07) is 7.55. The van der Waals surface area contributed by atoms with Crippen LogP contribution in [0.15, 0.2) is 35.5 Å². The van der Waals surface area contributed by atoms with Crippen molar-refractivity contribution in [1.82, 2.24) is 14.8 Å². The molecule has 27 heavy (non-hydrogen) atoms. The predicted octanol–water partition coefficient (Wildman–Crippen LogP) is 4.25. The summed E-state index contributed by atoms with van der Waals surface area (Å²) in [7, 11) is 0. The molecule has 4 rings (SSSR count). The molecule has 0 atom stereocenters. The third-order valence-corrected chi connectivity index (χ3v) is 6.56. The summed E-state index contributed by atoms with van der Waals surface area (Å²) in [4.78, 5) is 19.6. The van der Waals surface area contributed by atoms with Crippen molar-refractivity contribution < 1.29 is 4.79 Å².